The van der Waals surface area contributed by atoms with Crippen molar-refractivity contribution < 1.29 is 0 Å². The zero-order valence-electron chi connectivity index (χ0n) is 9.44. The summed E-state index contributed by atoms with van der Waals surface area (Å²) in [5.74, 6) is 0. The highest BCUT2D eigenvalue weighted by molar-refractivity contribution is 5.70. The summed E-state index contributed by atoms with van der Waals surface area (Å²) in [7, 11) is 4.14. The van der Waals surface area contributed by atoms with E-state index in [2.05, 4.69) is 39.6 Å². The average molecular weight is 204 g/mol. The topological polar surface area (TPSA) is 34.0 Å². The average Bonchev–Trinajstić information content (AvgIpc) is 2.57. The highest BCUT2D eigenvalue weighted by Gasteiger charge is 2.03. The number of hydrogen-bond donors (Lipinski definition) is 0. The molecular formula is C11H16N4. The molecule has 2 heterocycles. The van der Waals surface area contributed by atoms with E-state index in [9.17, 15) is 0 Å². The van der Waals surface area contributed by atoms with Gasteiger partial charge in [0.05, 0.1) is 11.8 Å². The Balaban J connectivity index is 2.29. The lowest BCUT2D eigenvalue weighted by molar-refractivity contribution is 0.386. The Bertz CT molecular complexity index is 459. The molecule has 80 valence electrons. The van der Waals surface area contributed by atoms with E-state index in [1.54, 1.807) is 0 Å². The van der Waals surface area contributed by atoms with Gasteiger partial charge in [0.1, 0.15) is 0 Å². The third-order valence-corrected chi connectivity index (χ3v) is 2.41. The molecular weight excluding hydrogens is 188 g/mol. The van der Waals surface area contributed by atoms with Gasteiger partial charge in [-0.2, -0.15) is 0 Å². The van der Waals surface area contributed by atoms with Crippen molar-refractivity contribution in [3.05, 3.63) is 24.2 Å². The second-order valence-corrected chi connectivity index (χ2v) is 4.04. The highest BCUT2D eigenvalue weighted by Crippen LogP contribution is 2.10. The van der Waals surface area contributed by atoms with Crippen molar-refractivity contribution in [3.63, 3.8) is 0 Å². The van der Waals surface area contributed by atoms with Gasteiger partial charge in [0, 0.05) is 18.8 Å². The molecule has 4 nitrogen and oxygen atoms in total. The predicted octanol–water partition coefficient (Wildman–Crippen LogP) is 1.30. The number of likely N-dealkylation sites (N-methyl/N-ethyl adjacent to an activating group) is 1. The van der Waals surface area contributed by atoms with Gasteiger partial charge in [-0.05, 0) is 33.2 Å². The maximum absolute atomic E-state index is 4.38. The van der Waals surface area contributed by atoms with Crippen molar-refractivity contribution in [1.29, 1.82) is 0 Å². The zero-order valence-corrected chi connectivity index (χ0v) is 9.44. The SMILES string of the molecule is Cc1ccc2c(ncn2CCN(C)C)n1. The summed E-state index contributed by atoms with van der Waals surface area (Å²) in [6.45, 7) is 3.95. The largest absolute Gasteiger partial charge is 0.328 e. The van der Waals surface area contributed by atoms with Crippen LogP contribution in [0.2, 0.25) is 0 Å². The number of hydrogen-bond acceptors (Lipinski definition) is 3. The van der Waals surface area contributed by atoms with E-state index in [4.69, 9.17) is 0 Å². The minimum absolute atomic E-state index is 0.841. The van der Waals surface area contributed by atoms with Crippen LogP contribution in [0.15, 0.2) is 18.5 Å². The number of fused-ring (bicyclic) bond motifs is 1. The smallest absolute Gasteiger partial charge is 0.177 e. The summed E-state index contributed by atoms with van der Waals surface area (Å²) < 4.78 is 2.14. The van der Waals surface area contributed by atoms with E-state index >= 15 is 0 Å². The summed E-state index contributed by atoms with van der Waals surface area (Å²) in [5.41, 5.74) is 2.97. The fraction of sp³-hybridized carbons (Fsp3) is 0.455. The third-order valence-electron chi connectivity index (χ3n) is 2.41. The van der Waals surface area contributed by atoms with Crippen molar-refractivity contribution in [2.24, 2.45) is 0 Å². The van der Waals surface area contributed by atoms with Gasteiger partial charge in [-0.25, -0.2) is 9.97 Å². The monoisotopic (exact) mass is 204 g/mol. The number of nitrogens with zero attached hydrogens (tertiary/aromatic N) is 4. The molecule has 4 heteroatoms. The van der Waals surface area contributed by atoms with E-state index in [1.165, 1.54) is 0 Å². The predicted molar refractivity (Wildman–Crippen MR) is 60.8 cm³/mol. The lowest BCUT2D eigenvalue weighted by Gasteiger charge is -2.10. The van der Waals surface area contributed by atoms with E-state index in [0.29, 0.717) is 0 Å². The Morgan fingerprint density at radius 1 is 1.33 bits per heavy atom. The Hall–Kier alpha value is -1.42. The molecule has 0 amide bonds. The lowest BCUT2D eigenvalue weighted by atomic mass is 10.3. The first-order valence-electron chi connectivity index (χ1n) is 5.10. The van der Waals surface area contributed by atoms with Crippen LogP contribution in [0.25, 0.3) is 11.2 Å². The van der Waals surface area contributed by atoms with Gasteiger partial charge < -0.3 is 9.47 Å². The summed E-state index contributed by atoms with van der Waals surface area (Å²) in [5, 5.41) is 0. The number of aryl methyl sites for hydroxylation is 1. The quantitative estimate of drug-likeness (QED) is 0.755. The molecule has 0 spiro atoms. The van der Waals surface area contributed by atoms with Crippen LogP contribution >= 0.6 is 0 Å². The second kappa shape index (κ2) is 3.98. The molecule has 0 aromatic carbocycles. The number of imidazole rings is 1. The molecule has 0 fully saturated rings. The molecule has 0 aliphatic rings. The van der Waals surface area contributed by atoms with Crippen LogP contribution in [0.4, 0.5) is 0 Å². The van der Waals surface area contributed by atoms with Gasteiger partial charge in [-0.15, -0.1) is 0 Å². The van der Waals surface area contributed by atoms with Crippen LogP contribution in [0.3, 0.4) is 0 Å². The molecule has 0 aliphatic carbocycles. The van der Waals surface area contributed by atoms with Crippen molar-refractivity contribution >= 4 is 11.2 Å². The van der Waals surface area contributed by atoms with Crippen LogP contribution in [0, 0.1) is 6.92 Å². The zero-order chi connectivity index (χ0) is 10.8. The minimum Gasteiger partial charge on any atom is -0.328 e. The molecule has 0 N–H and O–H groups in total. The number of pyridine rings is 1. The number of rotatable bonds is 3. The van der Waals surface area contributed by atoms with Crippen molar-refractivity contribution in [3.8, 4) is 0 Å². The van der Waals surface area contributed by atoms with Gasteiger partial charge in [0.15, 0.2) is 5.65 Å². The van der Waals surface area contributed by atoms with Crippen LogP contribution in [-0.2, 0) is 6.54 Å². The summed E-state index contributed by atoms with van der Waals surface area (Å²) in [6.07, 6.45) is 1.86. The molecule has 0 saturated heterocycles. The Labute approximate surface area is 89.6 Å². The van der Waals surface area contributed by atoms with Crippen molar-refractivity contribution in [2.45, 2.75) is 13.5 Å². The van der Waals surface area contributed by atoms with Crippen LogP contribution in [0.1, 0.15) is 5.69 Å². The van der Waals surface area contributed by atoms with Crippen LogP contribution < -0.4 is 0 Å². The molecule has 0 radical (unpaired) electrons. The van der Waals surface area contributed by atoms with Crippen LogP contribution in [0.5, 0.6) is 0 Å². The molecule has 0 bridgehead atoms. The van der Waals surface area contributed by atoms with E-state index in [1.807, 2.05) is 19.3 Å². The third kappa shape index (κ3) is 2.15. The standard InChI is InChI=1S/C11H16N4/c1-9-4-5-10-11(13-9)12-8-15(10)7-6-14(2)3/h4-5,8H,6-7H2,1-3H3. The normalized spacial score (nSPS) is 11.5. The van der Waals surface area contributed by atoms with Crippen molar-refractivity contribution in [1.82, 2.24) is 19.4 Å². The van der Waals surface area contributed by atoms with Gasteiger partial charge in [0.25, 0.3) is 0 Å². The molecule has 0 aliphatic heterocycles. The fourth-order valence-electron chi connectivity index (χ4n) is 1.53. The Morgan fingerprint density at radius 2 is 2.13 bits per heavy atom. The molecule has 0 atom stereocenters. The van der Waals surface area contributed by atoms with Gasteiger partial charge in [-0.3, -0.25) is 0 Å². The van der Waals surface area contributed by atoms with Gasteiger partial charge in [-0.1, -0.05) is 0 Å². The van der Waals surface area contributed by atoms with Gasteiger partial charge in [0.2, 0.25) is 0 Å². The number of aromatic nitrogens is 3. The van der Waals surface area contributed by atoms with Crippen molar-refractivity contribution in [2.75, 3.05) is 20.6 Å². The minimum atomic E-state index is 0.841. The molecule has 2 rings (SSSR count). The first-order chi connectivity index (χ1) is 7.16. The van der Waals surface area contributed by atoms with E-state index in [0.717, 1.165) is 29.9 Å². The van der Waals surface area contributed by atoms with E-state index < -0.39 is 0 Å². The van der Waals surface area contributed by atoms with Gasteiger partial charge >= 0.3 is 0 Å². The van der Waals surface area contributed by atoms with E-state index in [-0.39, 0.29) is 0 Å². The fourth-order valence-corrected chi connectivity index (χ4v) is 1.53. The Kier molecular flexibility index (Phi) is 2.68. The summed E-state index contributed by atoms with van der Waals surface area (Å²) >= 11 is 0. The molecule has 2 aromatic heterocycles. The Morgan fingerprint density at radius 3 is 2.87 bits per heavy atom. The molecule has 0 unspecified atom stereocenters. The second-order valence-electron chi connectivity index (χ2n) is 4.04. The lowest BCUT2D eigenvalue weighted by Crippen LogP contribution is -2.17. The first kappa shape index (κ1) is 10.1. The molecule has 0 saturated carbocycles. The first-order valence-corrected chi connectivity index (χ1v) is 5.10. The maximum atomic E-state index is 4.38. The summed E-state index contributed by atoms with van der Waals surface area (Å²) in [4.78, 5) is 10.8. The van der Waals surface area contributed by atoms with Crippen LogP contribution in [-0.4, -0.2) is 40.1 Å². The molecule has 2 aromatic rings. The molecule has 15 heavy (non-hydrogen) atoms. The summed E-state index contributed by atoms with van der Waals surface area (Å²) in [6, 6.07) is 4.11. The maximum Gasteiger partial charge on any atom is 0.177 e. The highest BCUT2D eigenvalue weighted by atomic mass is 15.1.